The molecule has 0 aromatic heterocycles. The minimum atomic E-state index is -3.67. The number of sulfonamides is 1. The summed E-state index contributed by atoms with van der Waals surface area (Å²) in [6, 6.07) is 8.12. The fraction of sp³-hybridized carbons (Fsp3) is 0.435. The molecule has 1 aliphatic carbocycles. The van der Waals surface area contributed by atoms with E-state index in [2.05, 4.69) is 5.32 Å². The van der Waals surface area contributed by atoms with Crippen LogP contribution in [0, 0.1) is 10.1 Å². The SMILES string of the molecule is CCOc1cc(C(=O)Nc2ccc(S(=O)(=O)N(C)C3CCCCC3)cc2)c([N+](=O)[O-])cc1OC. The molecular formula is C23H29N3O7S. The van der Waals surface area contributed by atoms with Crippen LogP contribution >= 0.6 is 0 Å². The molecule has 0 saturated heterocycles. The number of anilines is 1. The number of nitrogens with zero attached hydrogens (tertiary/aromatic N) is 2. The lowest BCUT2D eigenvalue weighted by atomic mass is 9.96. The minimum absolute atomic E-state index is 0.0201. The molecule has 10 nitrogen and oxygen atoms in total. The smallest absolute Gasteiger partial charge is 0.286 e. The quantitative estimate of drug-likeness (QED) is 0.411. The summed E-state index contributed by atoms with van der Waals surface area (Å²) in [4.78, 5) is 23.8. The number of nitrogens with one attached hydrogen (secondary N) is 1. The molecule has 0 bridgehead atoms. The van der Waals surface area contributed by atoms with Crippen molar-refractivity contribution in [2.24, 2.45) is 0 Å². The maximum Gasteiger partial charge on any atom is 0.286 e. The van der Waals surface area contributed by atoms with Gasteiger partial charge in [0.15, 0.2) is 11.5 Å². The standard InChI is InChI=1S/C23H29N3O7S/c1-4-33-22-14-19(20(26(28)29)15-21(22)32-3)23(27)24-16-10-12-18(13-11-16)34(30,31)25(2)17-8-6-5-7-9-17/h10-15,17H,4-9H2,1-3H3,(H,24,27). The normalized spacial score (nSPS) is 14.6. The fourth-order valence-electron chi connectivity index (χ4n) is 4.03. The molecule has 1 aliphatic rings. The maximum atomic E-state index is 13.0. The van der Waals surface area contributed by atoms with Crippen molar-refractivity contribution >= 4 is 27.3 Å². The average Bonchev–Trinajstić information content (AvgIpc) is 2.84. The van der Waals surface area contributed by atoms with Gasteiger partial charge in [-0.15, -0.1) is 0 Å². The van der Waals surface area contributed by atoms with Crippen LogP contribution < -0.4 is 14.8 Å². The molecule has 0 atom stereocenters. The third-order valence-electron chi connectivity index (χ3n) is 5.90. The van der Waals surface area contributed by atoms with Crippen molar-refractivity contribution in [3.8, 4) is 11.5 Å². The summed E-state index contributed by atoms with van der Waals surface area (Å²) >= 11 is 0. The van der Waals surface area contributed by atoms with Crippen molar-refractivity contribution in [3.05, 3.63) is 52.1 Å². The van der Waals surface area contributed by atoms with Gasteiger partial charge >= 0.3 is 0 Å². The Kier molecular flexibility index (Phi) is 8.11. The molecule has 0 unspecified atom stereocenters. The van der Waals surface area contributed by atoms with Crippen molar-refractivity contribution in [2.75, 3.05) is 26.1 Å². The maximum absolute atomic E-state index is 13.0. The van der Waals surface area contributed by atoms with Crippen LogP contribution in [-0.4, -0.2) is 50.4 Å². The van der Waals surface area contributed by atoms with E-state index in [0.717, 1.165) is 38.2 Å². The van der Waals surface area contributed by atoms with Crippen molar-refractivity contribution in [1.82, 2.24) is 4.31 Å². The number of ether oxygens (including phenoxy) is 2. The summed E-state index contributed by atoms with van der Waals surface area (Å²) < 4.78 is 38.0. The lowest BCUT2D eigenvalue weighted by molar-refractivity contribution is -0.385. The summed E-state index contributed by atoms with van der Waals surface area (Å²) in [5.74, 6) is -0.389. The van der Waals surface area contributed by atoms with Gasteiger partial charge in [-0.05, 0) is 44.0 Å². The van der Waals surface area contributed by atoms with Gasteiger partial charge in [0.05, 0.1) is 29.6 Å². The number of hydrogen-bond donors (Lipinski definition) is 1. The number of rotatable bonds is 9. The zero-order valence-electron chi connectivity index (χ0n) is 19.4. The van der Waals surface area contributed by atoms with Gasteiger partial charge in [-0.3, -0.25) is 14.9 Å². The van der Waals surface area contributed by atoms with Gasteiger partial charge in [-0.25, -0.2) is 8.42 Å². The van der Waals surface area contributed by atoms with Crippen LogP contribution in [0.4, 0.5) is 11.4 Å². The second-order valence-electron chi connectivity index (χ2n) is 8.00. The zero-order chi connectivity index (χ0) is 24.9. The molecule has 1 fully saturated rings. The van der Waals surface area contributed by atoms with E-state index in [1.807, 2.05) is 0 Å². The fourth-order valence-corrected chi connectivity index (χ4v) is 5.44. The Morgan fingerprint density at radius 2 is 1.79 bits per heavy atom. The molecule has 2 aromatic rings. The van der Waals surface area contributed by atoms with E-state index in [1.54, 1.807) is 14.0 Å². The molecule has 184 valence electrons. The zero-order valence-corrected chi connectivity index (χ0v) is 20.3. The van der Waals surface area contributed by atoms with Crippen LogP contribution in [0.3, 0.4) is 0 Å². The molecule has 1 amide bonds. The number of hydrogen-bond acceptors (Lipinski definition) is 7. The molecule has 0 aliphatic heterocycles. The van der Waals surface area contributed by atoms with Crippen LogP contribution in [0.1, 0.15) is 49.4 Å². The highest BCUT2D eigenvalue weighted by Crippen LogP contribution is 2.35. The third-order valence-corrected chi connectivity index (χ3v) is 7.83. The Bertz CT molecular complexity index is 1140. The van der Waals surface area contributed by atoms with Crippen LogP contribution in [0.2, 0.25) is 0 Å². The number of methoxy groups -OCH3 is 1. The number of benzene rings is 2. The largest absolute Gasteiger partial charge is 0.493 e. The Labute approximate surface area is 199 Å². The summed E-state index contributed by atoms with van der Waals surface area (Å²) in [5, 5.41) is 14.1. The molecule has 1 N–H and O–H groups in total. The van der Waals surface area contributed by atoms with Crippen molar-refractivity contribution in [3.63, 3.8) is 0 Å². The highest BCUT2D eigenvalue weighted by atomic mass is 32.2. The molecule has 11 heteroatoms. The number of nitro benzene ring substituents is 1. The van der Waals surface area contributed by atoms with Crippen molar-refractivity contribution in [2.45, 2.75) is 50.0 Å². The first-order valence-corrected chi connectivity index (χ1v) is 12.5. The monoisotopic (exact) mass is 491 g/mol. The van der Waals surface area contributed by atoms with Crippen molar-refractivity contribution < 1.29 is 27.6 Å². The summed E-state index contributed by atoms with van der Waals surface area (Å²) in [7, 11) is -0.726. The predicted octanol–water partition coefficient (Wildman–Crippen LogP) is 4.21. The lowest BCUT2D eigenvalue weighted by Crippen LogP contribution is -2.38. The predicted molar refractivity (Wildman–Crippen MR) is 127 cm³/mol. The second-order valence-corrected chi connectivity index (χ2v) is 10.00. The van der Waals surface area contributed by atoms with E-state index in [-0.39, 0.29) is 34.6 Å². The highest BCUT2D eigenvalue weighted by molar-refractivity contribution is 7.89. The average molecular weight is 492 g/mol. The summed E-state index contributed by atoms with van der Waals surface area (Å²) in [6.07, 6.45) is 4.83. The molecule has 3 rings (SSSR count). The van der Waals surface area contributed by atoms with Crippen LogP contribution in [0.5, 0.6) is 11.5 Å². The number of nitro groups is 1. The first-order valence-electron chi connectivity index (χ1n) is 11.1. The Morgan fingerprint density at radius 3 is 2.35 bits per heavy atom. The molecule has 1 saturated carbocycles. The molecule has 0 spiro atoms. The summed E-state index contributed by atoms with van der Waals surface area (Å²) in [6.45, 7) is 2.02. The van der Waals surface area contributed by atoms with Gasteiger partial charge in [0.25, 0.3) is 11.6 Å². The topological polar surface area (TPSA) is 128 Å². The van der Waals surface area contributed by atoms with Gasteiger partial charge in [0.1, 0.15) is 5.56 Å². The van der Waals surface area contributed by atoms with E-state index in [4.69, 9.17) is 9.47 Å². The summed E-state index contributed by atoms with van der Waals surface area (Å²) in [5.41, 5.74) is -0.346. The van der Waals surface area contributed by atoms with E-state index < -0.39 is 26.5 Å². The number of carbonyl (C=O) groups excluding carboxylic acids is 1. The number of carbonyl (C=O) groups is 1. The lowest BCUT2D eigenvalue weighted by Gasteiger charge is -2.30. The molecule has 0 radical (unpaired) electrons. The van der Waals surface area contributed by atoms with E-state index in [1.165, 1.54) is 41.7 Å². The Morgan fingerprint density at radius 1 is 1.15 bits per heavy atom. The van der Waals surface area contributed by atoms with Gasteiger partial charge in [-0.2, -0.15) is 4.31 Å². The highest BCUT2D eigenvalue weighted by Gasteiger charge is 2.29. The first-order chi connectivity index (χ1) is 16.2. The Hall–Kier alpha value is -3.18. The Balaban J connectivity index is 1.82. The van der Waals surface area contributed by atoms with E-state index >= 15 is 0 Å². The van der Waals surface area contributed by atoms with Gasteiger partial charge in [-0.1, -0.05) is 19.3 Å². The van der Waals surface area contributed by atoms with Crippen LogP contribution in [-0.2, 0) is 10.0 Å². The first kappa shape index (κ1) is 25.4. The molecule has 34 heavy (non-hydrogen) atoms. The van der Waals surface area contributed by atoms with Crippen molar-refractivity contribution in [1.29, 1.82) is 0 Å². The molecular weight excluding hydrogens is 462 g/mol. The third kappa shape index (κ3) is 5.48. The van der Waals surface area contributed by atoms with E-state index in [0.29, 0.717) is 5.69 Å². The van der Waals surface area contributed by atoms with Crippen LogP contribution in [0.25, 0.3) is 0 Å². The van der Waals surface area contributed by atoms with E-state index in [9.17, 15) is 23.3 Å². The number of amides is 1. The van der Waals surface area contributed by atoms with Crippen LogP contribution in [0.15, 0.2) is 41.3 Å². The van der Waals surface area contributed by atoms with Gasteiger partial charge in [0.2, 0.25) is 10.0 Å². The van der Waals surface area contributed by atoms with Gasteiger partial charge < -0.3 is 14.8 Å². The molecule has 0 heterocycles. The van der Waals surface area contributed by atoms with Gasteiger partial charge in [0, 0.05) is 24.8 Å². The minimum Gasteiger partial charge on any atom is -0.493 e. The molecule has 2 aromatic carbocycles. The second kappa shape index (κ2) is 10.8.